The zero-order chi connectivity index (χ0) is 23.4. The van der Waals surface area contributed by atoms with E-state index in [1.807, 2.05) is 31.2 Å². The minimum atomic E-state index is -0.126. The summed E-state index contributed by atoms with van der Waals surface area (Å²) in [6.07, 6.45) is 2.64. The number of rotatable bonds is 5. The van der Waals surface area contributed by atoms with Gasteiger partial charge in [-0.1, -0.05) is 5.16 Å². The Morgan fingerprint density at radius 2 is 1.97 bits per heavy atom. The van der Waals surface area contributed by atoms with Gasteiger partial charge in [-0.05, 0) is 76.4 Å². The molecule has 0 radical (unpaired) electrons. The SMILES string of the molecule is COc1ccc(/C(C)=N\OCc2nc3c4c5c(sc4ncn3n2)C(C)(C)NC(C)(C)C5)cc1. The van der Waals surface area contributed by atoms with Gasteiger partial charge in [-0.2, -0.15) is 0 Å². The molecule has 0 atom stereocenters. The summed E-state index contributed by atoms with van der Waals surface area (Å²) in [5.41, 5.74) is 3.73. The van der Waals surface area contributed by atoms with E-state index in [-0.39, 0.29) is 17.7 Å². The van der Waals surface area contributed by atoms with Gasteiger partial charge in [0, 0.05) is 16.0 Å². The van der Waals surface area contributed by atoms with E-state index in [0.29, 0.717) is 5.82 Å². The minimum absolute atomic E-state index is 0.0169. The van der Waals surface area contributed by atoms with Crippen LogP contribution < -0.4 is 10.1 Å². The van der Waals surface area contributed by atoms with Gasteiger partial charge < -0.3 is 14.9 Å². The average Bonchev–Trinajstić information content (AvgIpc) is 3.33. The molecular formula is C24H28N6O2S. The van der Waals surface area contributed by atoms with Crippen LogP contribution in [0.4, 0.5) is 0 Å². The van der Waals surface area contributed by atoms with Crippen LogP contribution in [0.5, 0.6) is 5.75 Å². The lowest BCUT2D eigenvalue weighted by molar-refractivity contribution is 0.125. The van der Waals surface area contributed by atoms with Crippen LogP contribution in [0.15, 0.2) is 35.7 Å². The van der Waals surface area contributed by atoms with Crippen molar-refractivity contribution >= 4 is 32.9 Å². The number of nitrogens with one attached hydrogen (secondary N) is 1. The molecule has 5 rings (SSSR count). The molecule has 3 aromatic heterocycles. The second-order valence-corrected chi connectivity index (χ2v) is 10.6. The predicted molar refractivity (Wildman–Crippen MR) is 130 cm³/mol. The molecule has 0 bridgehead atoms. The molecule has 4 aromatic rings. The van der Waals surface area contributed by atoms with E-state index >= 15 is 0 Å². The van der Waals surface area contributed by atoms with E-state index in [2.05, 4.69) is 48.3 Å². The molecule has 0 unspecified atom stereocenters. The van der Waals surface area contributed by atoms with Gasteiger partial charge in [-0.3, -0.25) is 0 Å². The van der Waals surface area contributed by atoms with Crippen molar-refractivity contribution in [2.75, 3.05) is 7.11 Å². The Hall–Kier alpha value is -3.04. The molecule has 1 aliphatic heterocycles. The van der Waals surface area contributed by atoms with Gasteiger partial charge in [0.15, 0.2) is 18.1 Å². The van der Waals surface area contributed by atoms with E-state index in [0.717, 1.165) is 39.3 Å². The molecule has 0 amide bonds. The first-order chi connectivity index (χ1) is 15.7. The molecule has 0 fully saturated rings. The van der Waals surface area contributed by atoms with Gasteiger partial charge in [0.1, 0.15) is 16.9 Å². The monoisotopic (exact) mass is 464 g/mol. The third kappa shape index (κ3) is 3.95. The Kier molecular flexibility index (Phi) is 5.13. The van der Waals surface area contributed by atoms with Crippen molar-refractivity contribution in [1.82, 2.24) is 24.9 Å². The zero-order valence-corrected chi connectivity index (χ0v) is 20.6. The number of benzene rings is 1. The van der Waals surface area contributed by atoms with Crippen molar-refractivity contribution in [3.63, 3.8) is 0 Å². The lowest BCUT2D eigenvalue weighted by atomic mass is 9.82. The third-order valence-electron chi connectivity index (χ3n) is 5.91. The fourth-order valence-electron chi connectivity index (χ4n) is 4.69. The molecule has 1 aromatic carbocycles. The number of methoxy groups -OCH3 is 1. The molecule has 4 heterocycles. The highest BCUT2D eigenvalue weighted by Crippen LogP contribution is 2.44. The maximum Gasteiger partial charge on any atom is 0.192 e. The highest BCUT2D eigenvalue weighted by atomic mass is 32.1. The van der Waals surface area contributed by atoms with Gasteiger partial charge in [0.05, 0.1) is 18.2 Å². The van der Waals surface area contributed by atoms with Crippen LogP contribution in [0.1, 0.15) is 56.4 Å². The van der Waals surface area contributed by atoms with Crippen molar-refractivity contribution in [1.29, 1.82) is 0 Å². The first kappa shape index (κ1) is 21.8. The number of aromatic nitrogens is 4. The van der Waals surface area contributed by atoms with Gasteiger partial charge in [-0.25, -0.2) is 14.5 Å². The summed E-state index contributed by atoms with van der Waals surface area (Å²) < 4.78 is 6.95. The number of hydrogen-bond acceptors (Lipinski definition) is 8. The third-order valence-corrected chi connectivity index (χ3v) is 7.38. The number of nitrogens with zero attached hydrogens (tertiary/aromatic N) is 5. The second-order valence-electron chi connectivity index (χ2n) is 9.62. The maximum absolute atomic E-state index is 5.58. The number of oxime groups is 1. The smallest absolute Gasteiger partial charge is 0.192 e. The summed E-state index contributed by atoms with van der Waals surface area (Å²) in [6.45, 7) is 11.0. The zero-order valence-electron chi connectivity index (χ0n) is 19.8. The molecule has 1 N–H and O–H groups in total. The Labute approximate surface area is 196 Å². The molecule has 0 aliphatic carbocycles. The number of ether oxygens (including phenoxy) is 1. The van der Waals surface area contributed by atoms with E-state index in [9.17, 15) is 0 Å². The van der Waals surface area contributed by atoms with Crippen LogP contribution in [-0.2, 0) is 23.4 Å². The van der Waals surface area contributed by atoms with Crippen LogP contribution >= 0.6 is 11.3 Å². The van der Waals surface area contributed by atoms with Crippen molar-refractivity contribution in [3.8, 4) is 5.75 Å². The lowest BCUT2D eigenvalue weighted by Gasteiger charge is -2.42. The molecule has 8 nitrogen and oxygen atoms in total. The molecule has 33 heavy (non-hydrogen) atoms. The molecule has 9 heteroatoms. The summed E-state index contributed by atoms with van der Waals surface area (Å²) in [6, 6.07) is 7.69. The summed E-state index contributed by atoms with van der Waals surface area (Å²) >= 11 is 1.74. The number of thiophene rings is 1. The maximum atomic E-state index is 5.58. The molecule has 172 valence electrons. The number of hydrogen-bond donors (Lipinski definition) is 1. The Balaban J connectivity index is 1.44. The van der Waals surface area contributed by atoms with Gasteiger partial charge in [-0.15, -0.1) is 16.4 Å². The van der Waals surface area contributed by atoms with Crippen LogP contribution in [-0.4, -0.2) is 37.9 Å². The van der Waals surface area contributed by atoms with Crippen molar-refractivity contribution in [3.05, 3.63) is 52.4 Å². The molecule has 0 saturated heterocycles. The number of fused-ring (bicyclic) bond motifs is 5. The summed E-state index contributed by atoms with van der Waals surface area (Å²) in [5.74, 6) is 1.38. The first-order valence-corrected chi connectivity index (χ1v) is 11.7. The van der Waals surface area contributed by atoms with Crippen LogP contribution in [0, 0.1) is 0 Å². The Bertz CT molecular complexity index is 1370. The van der Waals surface area contributed by atoms with Gasteiger partial charge in [0.2, 0.25) is 0 Å². The molecule has 0 saturated carbocycles. The highest BCUT2D eigenvalue weighted by Gasteiger charge is 2.39. The van der Waals surface area contributed by atoms with Gasteiger partial charge in [0.25, 0.3) is 0 Å². The van der Waals surface area contributed by atoms with Crippen LogP contribution in [0.3, 0.4) is 0 Å². The van der Waals surface area contributed by atoms with E-state index in [1.54, 1.807) is 29.3 Å². The summed E-state index contributed by atoms with van der Waals surface area (Å²) in [5, 5.41) is 13.7. The quantitative estimate of drug-likeness (QED) is 0.347. The van der Waals surface area contributed by atoms with Crippen LogP contribution in [0.25, 0.3) is 15.9 Å². The fraction of sp³-hybridized carbons (Fsp3) is 0.417. The molecule has 1 aliphatic rings. The van der Waals surface area contributed by atoms with E-state index in [1.165, 1.54) is 10.4 Å². The average molecular weight is 465 g/mol. The fourth-order valence-corrected chi connectivity index (χ4v) is 5.91. The normalized spacial score (nSPS) is 17.3. The second kappa shape index (κ2) is 7.78. The van der Waals surface area contributed by atoms with E-state index < -0.39 is 0 Å². The summed E-state index contributed by atoms with van der Waals surface area (Å²) in [7, 11) is 1.65. The topological polar surface area (TPSA) is 85.9 Å². The Morgan fingerprint density at radius 3 is 2.70 bits per heavy atom. The van der Waals surface area contributed by atoms with Crippen molar-refractivity contribution in [2.24, 2.45) is 5.16 Å². The van der Waals surface area contributed by atoms with Crippen molar-refractivity contribution in [2.45, 2.75) is 58.7 Å². The van der Waals surface area contributed by atoms with Gasteiger partial charge >= 0.3 is 0 Å². The summed E-state index contributed by atoms with van der Waals surface area (Å²) in [4.78, 5) is 17.4. The predicted octanol–water partition coefficient (Wildman–Crippen LogP) is 4.45. The lowest BCUT2D eigenvalue weighted by Crippen LogP contribution is -2.54. The standard InChI is InChI=1S/C24H28N6O2S/c1-14(15-7-9-16(31-6)10-8-15)28-32-12-18-26-21-19-17-11-23(2,3)29-24(4,5)20(17)33-22(19)25-13-30(21)27-18/h7-10,13,29H,11-12H2,1-6H3/b28-14-. The molecule has 0 spiro atoms. The minimum Gasteiger partial charge on any atom is -0.497 e. The van der Waals surface area contributed by atoms with Crippen molar-refractivity contribution < 1.29 is 9.57 Å². The first-order valence-electron chi connectivity index (χ1n) is 10.9. The largest absolute Gasteiger partial charge is 0.497 e. The highest BCUT2D eigenvalue weighted by molar-refractivity contribution is 7.19. The van der Waals surface area contributed by atoms with Crippen LogP contribution in [0.2, 0.25) is 0 Å². The van der Waals surface area contributed by atoms with E-state index in [4.69, 9.17) is 14.6 Å². The Morgan fingerprint density at radius 1 is 1.21 bits per heavy atom. The molecular weight excluding hydrogens is 436 g/mol.